The van der Waals surface area contributed by atoms with E-state index in [0.717, 1.165) is 0 Å². The van der Waals surface area contributed by atoms with Crippen LogP contribution in [-0.4, -0.2) is 21.7 Å². The number of aryl methyl sites for hydroxylation is 1. The summed E-state index contributed by atoms with van der Waals surface area (Å²) in [5, 5.41) is 0. The van der Waals surface area contributed by atoms with Gasteiger partial charge in [-0.25, -0.2) is 0 Å². The largest absolute Gasteiger partial charge is 1.00 e. The summed E-state index contributed by atoms with van der Waals surface area (Å²) < 4.78 is 1.38. The quantitative estimate of drug-likeness (QED) is 0.486. The van der Waals surface area contributed by atoms with E-state index in [2.05, 4.69) is 31.2 Å². The predicted molar refractivity (Wildman–Crippen MR) is 55.1 cm³/mol. The maximum absolute atomic E-state index is 2.25. The first kappa shape index (κ1) is 13.5. The summed E-state index contributed by atoms with van der Waals surface area (Å²) in [6.07, 6.45) is 5.25. The Hall–Kier alpha value is 0.466. The minimum atomic E-state index is 0. The SMILES string of the molecule is CCCCCc1cc[c]([Mg+])cc1.[Br-]. The fourth-order valence-electron chi connectivity index (χ4n) is 1.29. The molecule has 13 heavy (non-hydrogen) atoms. The standard InChI is InChI=1S/C11H15.BrH.Mg/c1-2-3-5-8-11-9-6-4-7-10-11;;/h6-7,9-10H,2-3,5,8H2,1H3;1H;/q;;+1/p-1. The Bertz CT molecular complexity index is 218. The van der Waals surface area contributed by atoms with Crippen LogP contribution in [0.15, 0.2) is 24.3 Å². The third kappa shape index (κ3) is 5.71. The molecule has 0 amide bonds. The second kappa shape index (κ2) is 7.83. The molecule has 0 unspecified atom stereocenters. The van der Waals surface area contributed by atoms with E-state index in [1.165, 1.54) is 34.9 Å². The van der Waals surface area contributed by atoms with Crippen LogP contribution in [0.3, 0.4) is 0 Å². The van der Waals surface area contributed by atoms with E-state index in [4.69, 9.17) is 0 Å². The molecule has 1 aromatic carbocycles. The van der Waals surface area contributed by atoms with Crippen LogP contribution in [0.5, 0.6) is 0 Å². The zero-order valence-corrected chi connectivity index (χ0v) is 11.2. The summed E-state index contributed by atoms with van der Waals surface area (Å²) in [4.78, 5) is 0. The van der Waals surface area contributed by atoms with Crippen molar-refractivity contribution in [1.29, 1.82) is 0 Å². The zero-order chi connectivity index (χ0) is 8.81. The third-order valence-corrected chi connectivity index (χ3v) is 2.56. The average molecular weight is 251 g/mol. The first-order valence-electron chi connectivity index (χ1n) is 4.74. The fraction of sp³-hybridized carbons (Fsp3) is 0.455. The summed E-state index contributed by atoms with van der Waals surface area (Å²) >= 11 is 1.94. The van der Waals surface area contributed by atoms with Gasteiger partial charge in [0.1, 0.15) is 0 Å². The van der Waals surface area contributed by atoms with Gasteiger partial charge in [-0.1, -0.05) is 0 Å². The van der Waals surface area contributed by atoms with Crippen LogP contribution in [0.2, 0.25) is 0 Å². The van der Waals surface area contributed by atoms with Gasteiger partial charge in [0, 0.05) is 0 Å². The molecule has 0 aliphatic carbocycles. The molecule has 1 aromatic rings. The van der Waals surface area contributed by atoms with Crippen LogP contribution in [-0.2, 0) is 6.42 Å². The van der Waals surface area contributed by atoms with E-state index in [9.17, 15) is 0 Å². The van der Waals surface area contributed by atoms with Gasteiger partial charge < -0.3 is 17.0 Å². The summed E-state index contributed by atoms with van der Waals surface area (Å²) in [6.45, 7) is 2.25. The van der Waals surface area contributed by atoms with E-state index < -0.39 is 0 Å². The molecular weight excluding hydrogens is 236 g/mol. The van der Waals surface area contributed by atoms with Crippen LogP contribution >= 0.6 is 0 Å². The average Bonchev–Trinajstić information content (AvgIpc) is 2.09. The summed E-state index contributed by atoms with van der Waals surface area (Å²) in [7, 11) is 0. The van der Waals surface area contributed by atoms with Crippen molar-refractivity contribution >= 4 is 25.4 Å². The van der Waals surface area contributed by atoms with Crippen molar-refractivity contribution in [3.05, 3.63) is 29.8 Å². The van der Waals surface area contributed by atoms with Crippen LogP contribution in [0.25, 0.3) is 0 Å². The second-order valence-electron chi connectivity index (χ2n) is 3.27. The van der Waals surface area contributed by atoms with E-state index in [0.29, 0.717) is 0 Å². The van der Waals surface area contributed by atoms with Crippen LogP contribution in [0, 0.1) is 0 Å². The van der Waals surface area contributed by atoms with E-state index >= 15 is 0 Å². The summed E-state index contributed by atoms with van der Waals surface area (Å²) in [5.41, 5.74) is 1.49. The fourth-order valence-corrected chi connectivity index (χ4v) is 1.52. The van der Waals surface area contributed by atoms with E-state index in [-0.39, 0.29) is 17.0 Å². The Balaban J connectivity index is 0.00000144. The van der Waals surface area contributed by atoms with Gasteiger partial charge in [-0.3, -0.25) is 0 Å². The molecule has 0 radical (unpaired) electrons. The number of halogens is 1. The first-order valence-corrected chi connectivity index (χ1v) is 5.44. The van der Waals surface area contributed by atoms with Gasteiger partial charge in [0.2, 0.25) is 0 Å². The molecule has 2 heteroatoms. The van der Waals surface area contributed by atoms with Crippen molar-refractivity contribution < 1.29 is 17.0 Å². The topological polar surface area (TPSA) is 0 Å². The minimum absolute atomic E-state index is 0. The Morgan fingerprint density at radius 3 is 2.23 bits per heavy atom. The van der Waals surface area contributed by atoms with Crippen LogP contribution in [0.4, 0.5) is 0 Å². The van der Waals surface area contributed by atoms with Gasteiger partial charge in [0.15, 0.2) is 0 Å². The molecule has 0 saturated heterocycles. The zero-order valence-electron chi connectivity index (χ0n) is 8.22. The van der Waals surface area contributed by atoms with Crippen molar-refractivity contribution in [2.45, 2.75) is 32.6 Å². The molecule has 0 fully saturated rings. The van der Waals surface area contributed by atoms with Gasteiger partial charge in [0.25, 0.3) is 0 Å². The Morgan fingerprint density at radius 1 is 1.08 bits per heavy atom. The molecule has 68 valence electrons. The summed E-state index contributed by atoms with van der Waals surface area (Å²) in [5.74, 6) is 0. The third-order valence-electron chi connectivity index (χ3n) is 2.09. The first-order chi connectivity index (χ1) is 5.83. The predicted octanol–water partition coefficient (Wildman–Crippen LogP) is -0.783. The Kier molecular flexibility index (Phi) is 8.11. The van der Waals surface area contributed by atoms with Gasteiger partial charge in [-0.2, -0.15) is 0 Å². The minimum Gasteiger partial charge on any atom is -1.00 e. The molecule has 1 rings (SSSR count). The molecule has 0 heterocycles. The van der Waals surface area contributed by atoms with Crippen molar-refractivity contribution in [3.63, 3.8) is 0 Å². The Labute approximate surface area is 104 Å². The van der Waals surface area contributed by atoms with Crippen molar-refractivity contribution in [2.75, 3.05) is 0 Å². The number of rotatable bonds is 4. The van der Waals surface area contributed by atoms with Gasteiger partial charge in [-0.05, 0) is 0 Å². The van der Waals surface area contributed by atoms with E-state index in [1.54, 1.807) is 0 Å². The molecule has 0 aliphatic rings. The van der Waals surface area contributed by atoms with Crippen LogP contribution < -0.4 is 20.7 Å². The number of benzene rings is 1. The normalized spacial score (nSPS) is 9.46. The molecule has 0 aliphatic heterocycles. The smallest absolute Gasteiger partial charge is 1.00 e. The summed E-state index contributed by atoms with van der Waals surface area (Å²) in [6, 6.07) is 8.91. The van der Waals surface area contributed by atoms with E-state index in [1.807, 2.05) is 21.7 Å². The number of hydrogen-bond donors (Lipinski definition) is 0. The maximum atomic E-state index is 2.25. The van der Waals surface area contributed by atoms with Crippen LogP contribution in [0.1, 0.15) is 31.7 Å². The second-order valence-corrected chi connectivity index (χ2v) is 4.09. The van der Waals surface area contributed by atoms with Gasteiger partial charge in [-0.15, -0.1) is 0 Å². The van der Waals surface area contributed by atoms with Crippen molar-refractivity contribution in [3.8, 4) is 0 Å². The van der Waals surface area contributed by atoms with Crippen molar-refractivity contribution in [1.82, 2.24) is 0 Å². The Morgan fingerprint density at radius 2 is 1.69 bits per heavy atom. The molecule has 0 atom stereocenters. The molecule has 0 aromatic heterocycles. The molecule has 0 bridgehead atoms. The molecule has 0 N–H and O–H groups in total. The number of hydrogen-bond acceptors (Lipinski definition) is 0. The number of unbranched alkanes of at least 4 members (excludes halogenated alkanes) is 2. The molecule has 0 saturated carbocycles. The molecular formula is C11H15BrMg. The monoisotopic (exact) mass is 250 g/mol. The maximum Gasteiger partial charge on any atom is -1.00 e. The molecule has 0 nitrogen and oxygen atoms in total. The molecule has 0 spiro atoms. The van der Waals surface area contributed by atoms with Gasteiger partial charge >= 0.3 is 87.8 Å². The van der Waals surface area contributed by atoms with Gasteiger partial charge in [0.05, 0.1) is 0 Å². The van der Waals surface area contributed by atoms with Crippen molar-refractivity contribution in [2.24, 2.45) is 0 Å².